The second-order valence-corrected chi connectivity index (χ2v) is 6.62. The van der Waals surface area contributed by atoms with Crippen molar-refractivity contribution >= 4 is 33.6 Å². The fourth-order valence-corrected chi connectivity index (χ4v) is 4.12. The lowest BCUT2D eigenvalue weighted by Crippen LogP contribution is -2.00. The van der Waals surface area contributed by atoms with E-state index >= 15 is 0 Å². The number of rotatable bonds is 3. The Hall–Kier alpha value is -2.34. The lowest BCUT2D eigenvalue weighted by Gasteiger charge is -2.11. The molecule has 116 valence electrons. The van der Waals surface area contributed by atoms with Crippen LogP contribution in [0.2, 0.25) is 0 Å². The van der Waals surface area contributed by atoms with Crippen LogP contribution in [0.25, 0.3) is 10.2 Å². The number of aryl methyl sites for hydroxylation is 2. The van der Waals surface area contributed by atoms with E-state index in [1.54, 1.807) is 36.0 Å². The second-order valence-electron chi connectivity index (χ2n) is 5.53. The number of hydrazone groups is 1. The van der Waals surface area contributed by atoms with Crippen molar-refractivity contribution in [3.63, 3.8) is 0 Å². The molecule has 0 aliphatic heterocycles. The van der Waals surface area contributed by atoms with Crippen LogP contribution in [-0.4, -0.2) is 16.2 Å². The fourth-order valence-electron chi connectivity index (χ4n) is 2.89. The van der Waals surface area contributed by atoms with Crippen LogP contribution in [0, 0.1) is 5.82 Å². The molecule has 0 bridgehead atoms. The van der Waals surface area contributed by atoms with Gasteiger partial charge in [0.15, 0.2) is 5.82 Å². The summed E-state index contributed by atoms with van der Waals surface area (Å²) in [7, 11) is 0. The van der Waals surface area contributed by atoms with Crippen LogP contribution < -0.4 is 5.43 Å². The number of hydrogen-bond donors (Lipinski definition) is 1. The number of thiophene rings is 1. The van der Waals surface area contributed by atoms with Crippen molar-refractivity contribution in [3.8, 4) is 0 Å². The van der Waals surface area contributed by atoms with Crippen molar-refractivity contribution in [1.29, 1.82) is 0 Å². The van der Waals surface area contributed by atoms with E-state index < -0.39 is 0 Å². The van der Waals surface area contributed by atoms with Crippen molar-refractivity contribution in [2.45, 2.75) is 25.7 Å². The topological polar surface area (TPSA) is 50.2 Å². The van der Waals surface area contributed by atoms with Crippen LogP contribution in [0.5, 0.6) is 0 Å². The molecule has 0 fully saturated rings. The van der Waals surface area contributed by atoms with E-state index in [9.17, 15) is 4.39 Å². The zero-order chi connectivity index (χ0) is 15.6. The Bertz CT molecular complexity index is 870. The highest BCUT2D eigenvalue weighted by Gasteiger charge is 2.19. The van der Waals surface area contributed by atoms with E-state index in [1.807, 2.05) is 0 Å². The van der Waals surface area contributed by atoms with Gasteiger partial charge in [0, 0.05) is 4.88 Å². The average Bonchev–Trinajstić information content (AvgIpc) is 2.96. The first-order valence-corrected chi connectivity index (χ1v) is 8.43. The molecule has 1 N–H and O–H groups in total. The number of anilines is 1. The monoisotopic (exact) mass is 326 g/mol. The van der Waals surface area contributed by atoms with Crippen molar-refractivity contribution in [2.24, 2.45) is 5.10 Å². The Morgan fingerprint density at radius 3 is 2.83 bits per heavy atom. The molecule has 0 radical (unpaired) electrons. The van der Waals surface area contributed by atoms with Gasteiger partial charge in [-0.2, -0.15) is 5.10 Å². The van der Waals surface area contributed by atoms with Gasteiger partial charge in [-0.25, -0.2) is 14.4 Å². The molecule has 6 heteroatoms. The first-order chi connectivity index (χ1) is 11.3. The van der Waals surface area contributed by atoms with E-state index in [2.05, 4.69) is 20.5 Å². The average molecular weight is 326 g/mol. The Labute approximate surface area is 137 Å². The molecule has 1 aromatic carbocycles. The molecule has 2 aromatic heterocycles. The molecule has 1 aliphatic carbocycles. The summed E-state index contributed by atoms with van der Waals surface area (Å²) in [5.41, 5.74) is 5.22. The van der Waals surface area contributed by atoms with Crippen LogP contribution in [0.15, 0.2) is 35.7 Å². The molecule has 1 aliphatic rings. The SMILES string of the molecule is Fc1ccc(/C=N/Nc2ncnc3sc4c(c23)CCCC4)cc1. The smallest absolute Gasteiger partial charge is 0.158 e. The highest BCUT2D eigenvalue weighted by Crippen LogP contribution is 2.38. The largest absolute Gasteiger partial charge is 0.261 e. The first kappa shape index (κ1) is 14.3. The predicted octanol–water partition coefficient (Wildman–Crippen LogP) is 4.16. The normalized spacial score (nSPS) is 14.3. The molecular weight excluding hydrogens is 311 g/mol. The van der Waals surface area contributed by atoms with Crippen LogP contribution >= 0.6 is 11.3 Å². The summed E-state index contributed by atoms with van der Waals surface area (Å²) in [4.78, 5) is 11.2. The molecule has 4 nitrogen and oxygen atoms in total. The third-order valence-corrected chi connectivity index (χ3v) is 5.21. The summed E-state index contributed by atoms with van der Waals surface area (Å²) in [5, 5.41) is 5.34. The molecule has 0 saturated carbocycles. The van der Waals surface area contributed by atoms with Crippen LogP contribution in [0.1, 0.15) is 28.8 Å². The van der Waals surface area contributed by atoms with Crippen molar-refractivity contribution < 1.29 is 4.39 Å². The van der Waals surface area contributed by atoms with Gasteiger partial charge >= 0.3 is 0 Å². The van der Waals surface area contributed by atoms with Gasteiger partial charge < -0.3 is 0 Å². The lowest BCUT2D eigenvalue weighted by atomic mass is 9.97. The molecule has 23 heavy (non-hydrogen) atoms. The number of fused-ring (bicyclic) bond motifs is 3. The Kier molecular flexibility index (Phi) is 3.75. The molecule has 0 amide bonds. The van der Waals surface area contributed by atoms with Crippen molar-refractivity contribution in [3.05, 3.63) is 52.4 Å². The number of nitrogens with one attached hydrogen (secondary N) is 1. The van der Waals surface area contributed by atoms with Gasteiger partial charge in [0.2, 0.25) is 0 Å². The summed E-state index contributed by atoms with van der Waals surface area (Å²) in [6, 6.07) is 6.20. The maximum absolute atomic E-state index is 12.9. The van der Waals surface area contributed by atoms with E-state index in [4.69, 9.17) is 0 Å². The number of aromatic nitrogens is 2. The number of nitrogens with zero attached hydrogens (tertiary/aromatic N) is 3. The third kappa shape index (κ3) is 2.82. The van der Waals surface area contributed by atoms with Crippen molar-refractivity contribution in [2.75, 3.05) is 5.43 Å². The zero-order valence-corrected chi connectivity index (χ0v) is 13.2. The molecule has 0 unspecified atom stereocenters. The maximum Gasteiger partial charge on any atom is 0.158 e. The maximum atomic E-state index is 12.9. The van der Waals surface area contributed by atoms with Crippen molar-refractivity contribution in [1.82, 2.24) is 9.97 Å². The minimum atomic E-state index is -0.252. The summed E-state index contributed by atoms with van der Waals surface area (Å²) < 4.78 is 12.9. The van der Waals surface area contributed by atoms with E-state index in [-0.39, 0.29) is 5.82 Å². The van der Waals surface area contributed by atoms with Gasteiger partial charge in [0.25, 0.3) is 0 Å². The quantitative estimate of drug-likeness (QED) is 0.581. The summed E-state index contributed by atoms with van der Waals surface area (Å²) in [6.45, 7) is 0. The number of halogens is 1. The number of hydrogen-bond acceptors (Lipinski definition) is 5. The van der Waals surface area contributed by atoms with E-state index in [1.165, 1.54) is 35.4 Å². The van der Waals surface area contributed by atoms with E-state index in [0.717, 1.165) is 34.4 Å². The minimum Gasteiger partial charge on any atom is -0.261 e. The molecule has 0 saturated heterocycles. The van der Waals surface area contributed by atoms with Crippen LogP contribution in [-0.2, 0) is 12.8 Å². The lowest BCUT2D eigenvalue weighted by molar-refractivity contribution is 0.628. The van der Waals surface area contributed by atoms with Gasteiger partial charge in [-0.15, -0.1) is 11.3 Å². The molecule has 0 spiro atoms. The van der Waals surface area contributed by atoms with Crippen LogP contribution in [0.4, 0.5) is 10.2 Å². The summed E-state index contributed by atoms with van der Waals surface area (Å²) in [6.07, 6.45) is 7.91. The Balaban J connectivity index is 1.63. The number of benzene rings is 1. The second kappa shape index (κ2) is 6.04. The Morgan fingerprint density at radius 1 is 1.13 bits per heavy atom. The van der Waals surface area contributed by atoms with Crippen LogP contribution in [0.3, 0.4) is 0 Å². The molecule has 3 aromatic rings. The van der Waals surface area contributed by atoms with E-state index in [0.29, 0.717) is 0 Å². The molecule has 2 heterocycles. The molecular formula is C17H15FN4S. The standard InChI is InChI=1S/C17H15FN4S/c18-12-7-5-11(6-8-12)9-21-22-16-15-13-3-1-2-4-14(13)23-17(15)20-10-19-16/h5-10H,1-4H2,(H,19,20,22)/b21-9+. The highest BCUT2D eigenvalue weighted by molar-refractivity contribution is 7.19. The van der Waals surface area contributed by atoms with Gasteiger partial charge in [-0.3, -0.25) is 5.43 Å². The first-order valence-electron chi connectivity index (χ1n) is 7.61. The summed E-state index contributed by atoms with van der Waals surface area (Å²) in [5.74, 6) is 0.491. The van der Waals surface area contributed by atoms with Gasteiger partial charge in [0.1, 0.15) is 17.0 Å². The fraction of sp³-hybridized carbons (Fsp3) is 0.235. The molecule has 4 rings (SSSR count). The van der Waals surface area contributed by atoms with Gasteiger partial charge in [0.05, 0.1) is 11.6 Å². The third-order valence-electron chi connectivity index (χ3n) is 4.01. The Morgan fingerprint density at radius 2 is 1.96 bits per heavy atom. The minimum absolute atomic E-state index is 0.252. The highest BCUT2D eigenvalue weighted by atomic mass is 32.1. The predicted molar refractivity (Wildman–Crippen MR) is 91.7 cm³/mol. The van der Waals surface area contributed by atoms with Gasteiger partial charge in [-0.05, 0) is 48.9 Å². The zero-order valence-electron chi connectivity index (χ0n) is 12.4. The summed E-state index contributed by atoms with van der Waals surface area (Å²) >= 11 is 1.76. The van der Waals surface area contributed by atoms with Gasteiger partial charge in [-0.1, -0.05) is 12.1 Å². The molecule has 0 atom stereocenters.